The summed E-state index contributed by atoms with van der Waals surface area (Å²) in [4.78, 5) is 12.1. The van der Waals surface area contributed by atoms with Gasteiger partial charge in [-0.3, -0.25) is 4.79 Å². The average Bonchev–Trinajstić information content (AvgIpc) is 2.96. The Bertz CT molecular complexity index is 549. The smallest absolute Gasteiger partial charge is 0.254 e. The summed E-state index contributed by atoms with van der Waals surface area (Å²) in [6.45, 7) is 2.36. The summed E-state index contributed by atoms with van der Waals surface area (Å²) in [7, 11) is 0. The van der Waals surface area contributed by atoms with Crippen molar-refractivity contribution in [1.82, 2.24) is 5.32 Å². The lowest BCUT2D eigenvalue weighted by Crippen LogP contribution is -2.35. The highest BCUT2D eigenvalue weighted by Gasteiger charge is 2.14. The number of nitrogens with one attached hydrogen (secondary N) is 1. The molecule has 4 nitrogen and oxygen atoms in total. The molecule has 0 saturated heterocycles. The number of carbonyl (C=O) groups excluding carboxylic acids is 1. The predicted octanol–water partition coefficient (Wildman–Crippen LogP) is 2.49. The molecular weight excluding hydrogens is 252 g/mol. The Labute approximate surface area is 119 Å². The first-order chi connectivity index (χ1) is 9.72. The van der Waals surface area contributed by atoms with Crippen LogP contribution in [0.5, 0.6) is 0 Å². The van der Waals surface area contributed by atoms with E-state index in [0.717, 1.165) is 12.8 Å². The fraction of sp³-hybridized carbons (Fsp3) is 0.312. The number of amides is 1. The molecule has 0 fully saturated rings. The molecule has 4 heteroatoms. The summed E-state index contributed by atoms with van der Waals surface area (Å²) in [6.07, 6.45) is 3.15. The highest BCUT2D eigenvalue weighted by atomic mass is 16.3. The summed E-state index contributed by atoms with van der Waals surface area (Å²) < 4.78 is 5.18. The van der Waals surface area contributed by atoms with Gasteiger partial charge in [0.15, 0.2) is 0 Å². The second kappa shape index (κ2) is 6.91. The molecule has 2 rings (SSSR count). The van der Waals surface area contributed by atoms with Gasteiger partial charge in [-0.1, -0.05) is 37.3 Å². The van der Waals surface area contributed by atoms with E-state index < -0.39 is 0 Å². The first kappa shape index (κ1) is 14.3. The molecule has 3 N–H and O–H groups in total. The van der Waals surface area contributed by atoms with Crippen LogP contribution in [-0.4, -0.2) is 11.9 Å². The van der Waals surface area contributed by atoms with Crippen LogP contribution < -0.4 is 11.1 Å². The molecule has 0 saturated carbocycles. The van der Waals surface area contributed by atoms with Gasteiger partial charge in [-0.05, 0) is 24.5 Å². The minimum Gasteiger partial charge on any atom is -0.467 e. The fourth-order valence-electron chi connectivity index (χ4n) is 2.07. The van der Waals surface area contributed by atoms with Gasteiger partial charge >= 0.3 is 0 Å². The second-order valence-electron chi connectivity index (χ2n) is 4.77. The predicted molar refractivity (Wildman–Crippen MR) is 78.3 cm³/mol. The van der Waals surface area contributed by atoms with Crippen LogP contribution in [0.2, 0.25) is 0 Å². The molecule has 1 heterocycles. The van der Waals surface area contributed by atoms with E-state index in [-0.39, 0.29) is 11.9 Å². The zero-order valence-electron chi connectivity index (χ0n) is 11.6. The highest BCUT2D eigenvalue weighted by Crippen LogP contribution is 2.10. The van der Waals surface area contributed by atoms with Gasteiger partial charge in [0.25, 0.3) is 5.91 Å². The zero-order chi connectivity index (χ0) is 14.4. The minimum absolute atomic E-state index is 0.112. The third-order valence-corrected chi connectivity index (χ3v) is 3.27. The van der Waals surface area contributed by atoms with E-state index in [1.54, 1.807) is 6.07 Å². The SMILES string of the molecule is CCC(Cc1ccccc1)NC(=O)c1coc(CN)c1. The first-order valence-electron chi connectivity index (χ1n) is 6.85. The monoisotopic (exact) mass is 272 g/mol. The van der Waals surface area contributed by atoms with Crippen molar-refractivity contribution in [2.45, 2.75) is 32.4 Å². The molecule has 20 heavy (non-hydrogen) atoms. The van der Waals surface area contributed by atoms with Crippen LogP contribution in [0, 0.1) is 0 Å². The van der Waals surface area contributed by atoms with Gasteiger partial charge < -0.3 is 15.5 Å². The minimum atomic E-state index is -0.115. The lowest BCUT2D eigenvalue weighted by molar-refractivity contribution is 0.0935. The van der Waals surface area contributed by atoms with E-state index in [4.69, 9.17) is 10.2 Å². The molecule has 0 bridgehead atoms. The van der Waals surface area contributed by atoms with Gasteiger partial charge in [0, 0.05) is 6.04 Å². The zero-order valence-corrected chi connectivity index (χ0v) is 11.6. The van der Waals surface area contributed by atoms with Gasteiger partial charge in [-0.15, -0.1) is 0 Å². The number of hydrogen-bond acceptors (Lipinski definition) is 3. The number of carbonyl (C=O) groups is 1. The lowest BCUT2D eigenvalue weighted by atomic mass is 10.0. The van der Waals surface area contributed by atoms with Gasteiger partial charge in [-0.25, -0.2) is 0 Å². The van der Waals surface area contributed by atoms with Crippen molar-refractivity contribution in [3.63, 3.8) is 0 Å². The van der Waals surface area contributed by atoms with Gasteiger partial charge in [-0.2, -0.15) is 0 Å². The Morgan fingerprint density at radius 3 is 2.70 bits per heavy atom. The average molecular weight is 272 g/mol. The van der Waals surface area contributed by atoms with Crippen molar-refractivity contribution in [1.29, 1.82) is 0 Å². The molecule has 0 aliphatic heterocycles. The van der Waals surface area contributed by atoms with E-state index in [1.165, 1.54) is 11.8 Å². The molecule has 106 valence electrons. The van der Waals surface area contributed by atoms with Crippen LogP contribution >= 0.6 is 0 Å². The topological polar surface area (TPSA) is 68.3 Å². The summed E-state index contributed by atoms with van der Waals surface area (Å²) >= 11 is 0. The van der Waals surface area contributed by atoms with Gasteiger partial charge in [0.1, 0.15) is 12.0 Å². The van der Waals surface area contributed by atoms with E-state index in [9.17, 15) is 4.79 Å². The molecule has 0 aliphatic carbocycles. The Morgan fingerprint density at radius 1 is 1.35 bits per heavy atom. The Kier molecular flexibility index (Phi) is 4.96. The van der Waals surface area contributed by atoms with Crippen LogP contribution in [0.25, 0.3) is 0 Å². The van der Waals surface area contributed by atoms with Crippen LogP contribution in [-0.2, 0) is 13.0 Å². The Morgan fingerprint density at radius 2 is 2.10 bits per heavy atom. The van der Waals surface area contributed by atoms with Gasteiger partial charge in [0.2, 0.25) is 0 Å². The summed E-state index contributed by atoms with van der Waals surface area (Å²) in [5.41, 5.74) is 7.21. The van der Waals surface area contributed by atoms with Crippen LogP contribution in [0.1, 0.15) is 35.0 Å². The van der Waals surface area contributed by atoms with E-state index in [1.807, 2.05) is 18.2 Å². The summed E-state index contributed by atoms with van der Waals surface area (Å²) in [5.74, 6) is 0.502. The van der Waals surface area contributed by atoms with E-state index >= 15 is 0 Å². The van der Waals surface area contributed by atoms with Crippen molar-refractivity contribution < 1.29 is 9.21 Å². The Balaban J connectivity index is 1.97. The maximum Gasteiger partial charge on any atom is 0.254 e. The molecule has 0 aliphatic rings. The maximum absolute atomic E-state index is 12.1. The largest absolute Gasteiger partial charge is 0.467 e. The first-order valence-corrected chi connectivity index (χ1v) is 6.85. The van der Waals surface area contributed by atoms with Crippen molar-refractivity contribution in [2.24, 2.45) is 5.73 Å². The molecule has 1 atom stereocenters. The third-order valence-electron chi connectivity index (χ3n) is 3.27. The molecule has 2 aromatic rings. The number of rotatable bonds is 6. The van der Waals surface area contributed by atoms with Crippen molar-refractivity contribution >= 4 is 5.91 Å². The quantitative estimate of drug-likeness (QED) is 0.849. The van der Waals surface area contributed by atoms with Crippen molar-refractivity contribution in [3.05, 3.63) is 59.5 Å². The second-order valence-corrected chi connectivity index (χ2v) is 4.77. The molecule has 1 unspecified atom stereocenters. The van der Waals surface area contributed by atoms with E-state index in [0.29, 0.717) is 17.9 Å². The third kappa shape index (κ3) is 3.71. The maximum atomic E-state index is 12.1. The number of benzene rings is 1. The molecule has 0 spiro atoms. The normalized spacial score (nSPS) is 12.1. The number of hydrogen-bond donors (Lipinski definition) is 2. The number of nitrogens with two attached hydrogens (primary N) is 1. The van der Waals surface area contributed by atoms with Crippen LogP contribution in [0.4, 0.5) is 0 Å². The van der Waals surface area contributed by atoms with Crippen molar-refractivity contribution in [3.8, 4) is 0 Å². The van der Waals surface area contributed by atoms with E-state index in [2.05, 4.69) is 24.4 Å². The molecular formula is C16H20N2O2. The van der Waals surface area contributed by atoms with Gasteiger partial charge in [0.05, 0.1) is 12.1 Å². The summed E-state index contributed by atoms with van der Waals surface area (Å²) in [6, 6.07) is 11.9. The molecule has 1 amide bonds. The lowest BCUT2D eigenvalue weighted by Gasteiger charge is -2.16. The molecule has 1 aromatic heterocycles. The van der Waals surface area contributed by atoms with Crippen LogP contribution in [0.15, 0.2) is 47.1 Å². The summed E-state index contributed by atoms with van der Waals surface area (Å²) in [5, 5.41) is 3.03. The number of furan rings is 1. The van der Waals surface area contributed by atoms with Crippen molar-refractivity contribution in [2.75, 3.05) is 0 Å². The highest BCUT2D eigenvalue weighted by molar-refractivity contribution is 5.94. The Hall–Kier alpha value is -2.07. The molecule has 1 aromatic carbocycles. The standard InChI is InChI=1S/C16H20N2O2/c1-2-14(8-12-6-4-3-5-7-12)18-16(19)13-9-15(10-17)20-11-13/h3-7,9,11,14H,2,8,10,17H2,1H3,(H,18,19). The fourth-order valence-corrected chi connectivity index (χ4v) is 2.07. The van der Waals surface area contributed by atoms with Crippen LogP contribution in [0.3, 0.4) is 0 Å². The molecule has 0 radical (unpaired) electrons.